The standard InChI is InChI=1S/C13H24O3S/c1-10(2)17-8-12(14)11-3-5-16-13(7-11)4-6-15-9-13/h10-12,14H,3-9H2,1-2H3. The number of hydrogen-bond acceptors (Lipinski definition) is 4. The van der Waals surface area contributed by atoms with Crippen LogP contribution < -0.4 is 0 Å². The first-order valence-electron chi connectivity index (χ1n) is 6.63. The molecule has 0 bridgehead atoms. The maximum Gasteiger partial charge on any atom is 0.0940 e. The fourth-order valence-corrected chi connectivity index (χ4v) is 3.54. The van der Waals surface area contributed by atoms with E-state index in [1.807, 2.05) is 11.8 Å². The van der Waals surface area contributed by atoms with E-state index < -0.39 is 0 Å². The van der Waals surface area contributed by atoms with Crippen LogP contribution >= 0.6 is 11.8 Å². The Hall–Kier alpha value is 0.230. The molecule has 0 aromatic heterocycles. The summed E-state index contributed by atoms with van der Waals surface area (Å²) in [4.78, 5) is 0. The quantitative estimate of drug-likeness (QED) is 0.840. The lowest BCUT2D eigenvalue weighted by atomic mass is 9.82. The van der Waals surface area contributed by atoms with E-state index >= 15 is 0 Å². The van der Waals surface area contributed by atoms with Crippen LogP contribution in [-0.2, 0) is 9.47 Å². The molecule has 3 nitrogen and oxygen atoms in total. The van der Waals surface area contributed by atoms with Gasteiger partial charge in [-0.1, -0.05) is 13.8 Å². The summed E-state index contributed by atoms with van der Waals surface area (Å²) in [7, 11) is 0. The highest BCUT2D eigenvalue weighted by molar-refractivity contribution is 7.99. The molecule has 2 fully saturated rings. The van der Waals surface area contributed by atoms with Crippen molar-refractivity contribution in [1.82, 2.24) is 0 Å². The summed E-state index contributed by atoms with van der Waals surface area (Å²) in [5.41, 5.74) is -0.0770. The van der Waals surface area contributed by atoms with E-state index in [0.717, 1.165) is 38.2 Å². The molecule has 0 aliphatic carbocycles. The second-order valence-electron chi connectivity index (χ2n) is 5.54. The zero-order valence-corrected chi connectivity index (χ0v) is 11.7. The lowest BCUT2D eigenvalue weighted by molar-refractivity contribution is -0.113. The van der Waals surface area contributed by atoms with Crippen molar-refractivity contribution in [2.45, 2.75) is 50.1 Å². The third-order valence-corrected chi connectivity index (χ3v) is 4.94. The minimum atomic E-state index is -0.191. The van der Waals surface area contributed by atoms with Gasteiger partial charge in [-0.2, -0.15) is 11.8 Å². The van der Waals surface area contributed by atoms with E-state index in [0.29, 0.717) is 17.8 Å². The highest BCUT2D eigenvalue weighted by Gasteiger charge is 2.42. The summed E-state index contributed by atoms with van der Waals surface area (Å²) in [6, 6.07) is 0. The first-order chi connectivity index (χ1) is 8.11. The molecule has 100 valence electrons. The molecule has 3 atom stereocenters. The van der Waals surface area contributed by atoms with Gasteiger partial charge in [0.25, 0.3) is 0 Å². The van der Waals surface area contributed by atoms with Crippen LogP contribution in [0.15, 0.2) is 0 Å². The number of aliphatic hydroxyl groups excluding tert-OH is 1. The first kappa shape index (κ1) is 13.7. The van der Waals surface area contributed by atoms with Crippen molar-refractivity contribution in [3.05, 3.63) is 0 Å². The Morgan fingerprint density at radius 1 is 1.41 bits per heavy atom. The lowest BCUT2D eigenvalue weighted by Gasteiger charge is -2.39. The second kappa shape index (κ2) is 5.91. The molecule has 17 heavy (non-hydrogen) atoms. The van der Waals surface area contributed by atoms with Crippen LogP contribution in [0.4, 0.5) is 0 Å². The molecule has 4 heteroatoms. The molecule has 2 aliphatic rings. The summed E-state index contributed by atoms with van der Waals surface area (Å²) < 4.78 is 11.3. The fraction of sp³-hybridized carbons (Fsp3) is 1.00. The third-order valence-electron chi connectivity index (χ3n) is 3.74. The largest absolute Gasteiger partial charge is 0.392 e. The number of ether oxygens (including phenoxy) is 2. The Balaban J connectivity index is 1.84. The molecule has 2 heterocycles. The maximum atomic E-state index is 10.2. The van der Waals surface area contributed by atoms with Gasteiger partial charge in [0.1, 0.15) is 0 Å². The van der Waals surface area contributed by atoms with Crippen LogP contribution in [0.3, 0.4) is 0 Å². The molecule has 0 saturated carbocycles. The summed E-state index contributed by atoms with van der Waals surface area (Å²) >= 11 is 1.84. The summed E-state index contributed by atoms with van der Waals surface area (Å²) in [6.07, 6.45) is 2.76. The van der Waals surface area contributed by atoms with Crippen molar-refractivity contribution in [3.8, 4) is 0 Å². The first-order valence-corrected chi connectivity index (χ1v) is 7.67. The van der Waals surface area contributed by atoms with Gasteiger partial charge in [0.2, 0.25) is 0 Å². The average molecular weight is 260 g/mol. The molecule has 0 aromatic rings. The Labute approximate surface area is 108 Å². The van der Waals surface area contributed by atoms with Crippen molar-refractivity contribution >= 4 is 11.8 Å². The number of rotatable bonds is 4. The Morgan fingerprint density at radius 2 is 2.24 bits per heavy atom. The van der Waals surface area contributed by atoms with Crippen molar-refractivity contribution < 1.29 is 14.6 Å². The van der Waals surface area contributed by atoms with Crippen LogP contribution in [0, 0.1) is 5.92 Å². The van der Waals surface area contributed by atoms with Crippen molar-refractivity contribution in [2.75, 3.05) is 25.6 Å². The van der Waals surface area contributed by atoms with E-state index in [4.69, 9.17) is 9.47 Å². The van der Waals surface area contributed by atoms with Crippen LogP contribution in [0.1, 0.15) is 33.1 Å². The molecular formula is C13H24O3S. The fourth-order valence-electron chi connectivity index (χ4n) is 2.68. The monoisotopic (exact) mass is 260 g/mol. The molecule has 0 radical (unpaired) electrons. The number of thioether (sulfide) groups is 1. The molecule has 3 unspecified atom stereocenters. The van der Waals surface area contributed by atoms with Gasteiger partial charge in [-0.15, -0.1) is 0 Å². The molecular weight excluding hydrogens is 236 g/mol. The van der Waals surface area contributed by atoms with Crippen molar-refractivity contribution in [1.29, 1.82) is 0 Å². The molecule has 0 amide bonds. The number of hydrogen-bond donors (Lipinski definition) is 1. The summed E-state index contributed by atoms with van der Waals surface area (Å²) in [5, 5.41) is 10.8. The van der Waals surface area contributed by atoms with Gasteiger partial charge >= 0.3 is 0 Å². The highest BCUT2D eigenvalue weighted by atomic mass is 32.2. The Kier molecular flexibility index (Phi) is 4.75. The molecule has 1 spiro atoms. The predicted octanol–water partition coefficient (Wildman–Crippen LogP) is 2.07. The number of aliphatic hydroxyl groups is 1. The van der Waals surface area contributed by atoms with Gasteiger partial charge in [0.15, 0.2) is 0 Å². The lowest BCUT2D eigenvalue weighted by Crippen LogP contribution is -2.44. The zero-order chi connectivity index (χ0) is 12.3. The van der Waals surface area contributed by atoms with E-state index in [2.05, 4.69) is 13.8 Å². The second-order valence-corrected chi connectivity index (χ2v) is 7.15. The summed E-state index contributed by atoms with van der Waals surface area (Å²) in [6.45, 7) is 6.65. The van der Waals surface area contributed by atoms with Crippen molar-refractivity contribution in [2.24, 2.45) is 5.92 Å². The van der Waals surface area contributed by atoms with E-state index in [-0.39, 0.29) is 11.7 Å². The van der Waals surface area contributed by atoms with Gasteiger partial charge in [-0.05, 0) is 24.0 Å². The van der Waals surface area contributed by atoms with Gasteiger partial charge < -0.3 is 14.6 Å². The Bertz CT molecular complexity index is 239. The average Bonchev–Trinajstić information content (AvgIpc) is 2.74. The van der Waals surface area contributed by atoms with Gasteiger partial charge in [0, 0.05) is 25.4 Å². The maximum absolute atomic E-state index is 10.2. The minimum absolute atomic E-state index is 0.0770. The third kappa shape index (κ3) is 3.60. The summed E-state index contributed by atoms with van der Waals surface area (Å²) in [5.74, 6) is 1.23. The topological polar surface area (TPSA) is 38.7 Å². The normalized spacial score (nSPS) is 35.6. The highest BCUT2D eigenvalue weighted by Crippen LogP contribution is 2.37. The predicted molar refractivity (Wildman–Crippen MR) is 70.4 cm³/mol. The molecule has 2 rings (SSSR count). The SMILES string of the molecule is CC(C)SCC(O)C1CCOC2(CCOC2)C1. The van der Waals surface area contributed by atoms with Crippen LogP contribution in [-0.4, -0.2) is 47.6 Å². The van der Waals surface area contributed by atoms with Crippen LogP contribution in [0.5, 0.6) is 0 Å². The molecule has 1 N–H and O–H groups in total. The minimum Gasteiger partial charge on any atom is -0.392 e. The molecule has 0 aromatic carbocycles. The molecule has 2 aliphatic heterocycles. The van der Waals surface area contributed by atoms with Crippen LogP contribution in [0.25, 0.3) is 0 Å². The smallest absolute Gasteiger partial charge is 0.0940 e. The van der Waals surface area contributed by atoms with Crippen LogP contribution in [0.2, 0.25) is 0 Å². The van der Waals surface area contributed by atoms with Gasteiger partial charge in [-0.25, -0.2) is 0 Å². The Morgan fingerprint density at radius 3 is 2.88 bits per heavy atom. The van der Waals surface area contributed by atoms with E-state index in [1.54, 1.807) is 0 Å². The van der Waals surface area contributed by atoms with Crippen molar-refractivity contribution in [3.63, 3.8) is 0 Å². The molecule has 2 saturated heterocycles. The van der Waals surface area contributed by atoms with E-state index in [9.17, 15) is 5.11 Å². The van der Waals surface area contributed by atoms with Gasteiger partial charge in [0.05, 0.1) is 18.3 Å². The zero-order valence-electron chi connectivity index (χ0n) is 10.9. The van der Waals surface area contributed by atoms with E-state index in [1.165, 1.54) is 0 Å². The van der Waals surface area contributed by atoms with Gasteiger partial charge in [-0.3, -0.25) is 0 Å².